The largest absolute Gasteiger partial charge is 0.380 e. The van der Waals surface area contributed by atoms with E-state index >= 15 is 0 Å². The summed E-state index contributed by atoms with van der Waals surface area (Å²) in [6, 6.07) is 0. The van der Waals surface area contributed by atoms with Gasteiger partial charge in [-0.05, 0) is 19.3 Å². The van der Waals surface area contributed by atoms with Crippen molar-refractivity contribution in [2.75, 3.05) is 26.0 Å². The predicted octanol–water partition coefficient (Wildman–Crippen LogP) is 0.693. The van der Waals surface area contributed by atoms with E-state index in [1.54, 1.807) is 18.3 Å². The fourth-order valence-electron chi connectivity index (χ4n) is 1.75. The van der Waals surface area contributed by atoms with Gasteiger partial charge in [0.25, 0.3) is 0 Å². The summed E-state index contributed by atoms with van der Waals surface area (Å²) in [5, 5.41) is 0. The molecule has 1 aliphatic heterocycles. The van der Waals surface area contributed by atoms with Gasteiger partial charge in [-0.1, -0.05) is 6.92 Å². The highest BCUT2D eigenvalue weighted by Crippen LogP contribution is 2.21. The Morgan fingerprint density at radius 3 is 2.64 bits per heavy atom. The quantitative estimate of drug-likeness (QED) is 0.704. The van der Waals surface area contributed by atoms with Gasteiger partial charge in [0.15, 0.2) is 0 Å². The molecule has 0 aromatic carbocycles. The third-order valence-corrected chi connectivity index (χ3v) is 4.76. The second-order valence-electron chi connectivity index (χ2n) is 3.80. The lowest BCUT2D eigenvalue weighted by Gasteiger charge is -2.35. The van der Waals surface area contributed by atoms with E-state index in [9.17, 15) is 8.42 Å². The van der Waals surface area contributed by atoms with Gasteiger partial charge >= 0.3 is 0 Å². The zero-order valence-corrected chi connectivity index (χ0v) is 9.88. The third kappa shape index (κ3) is 2.46. The lowest BCUT2D eigenvalue weighted by atomic mass is 9.97. The van der Waals surface area contributed by atoms with Gasteiger partial charge in [-0.25, -0.2) is 8.42 Å². The molecule has 0 aliphatic carbocycles. The van der Waals surface area contributed by atoms with Gasteiger partial charge < -0.3 is 4.74 Å². The standard InChI is InChI=1S/C9H19NO3S/c1-4-14(11,12)10-6-5-8(2)9(7-10)13-3/h8-9H,4-7H2,1-3H3. The first-order valence-electron chi connectivity index (χ1n) is 5.02. The van der Waals surface area contributed by atoms with E-state index in [1.807, 2.05) is 0 Å². The van der Waals surface area contributed by atoms with Crippen LogP contribution >= 0.6 is 0 Å². The number of piperidine rings is 1. The van der Waals surface area contributed by atoms with Crippen LogP contribution in [0.2, 0.25) is 0 Å². The summed E-state index contributed by atoms with van der Waals surface area (Å²) in [5.74, 6) is 0.626. The number of rotatable bonds is 3. The van der Waals surface area contributed by atoms with Crippen molar-refractivity contribution in [3.05, 3.63) is 0 Å². The first kappa shape index (κ1) is 11.9. The monoisotopic (exact) mass is 221 g/mol. The molecule has 1 rings (SSSR count). The van der Waals surface area contributed by atoms with Gasteiger partial charge in [0.2, 0.25) is 10.0 Å². The van der Waals surface area contributed by atoms with Gasteiger partial charge in [-0.15, -0.1) is 0 Å². The maximum atomic E-state index is 11.6. The lowest BCUT2D eigenvalue weighted by Crippen LogP contribution is -2.47. The normalized spacial score (nSPS) is 30.5. The predicted molar refractivity (Wildman–Crippen MR) is 55.6 cm³/mol. The molecule has 4 nitrogen and oxygen atoms in total. The Morgan fingerprint density at radius 1 is 1.50 bits per heavy atom. The van der Waals surface area contributed by atoms with Crippen LogP contribution in [0.1, 0.15) is 20.3 Å². The number of hydrogen-bond acceptors (Lipinski definition) is 3. The number of sulfonamides is 1. The average molecular weight is 221 g/mol. The molecule has 1 heterocycles. The first-order chi connectivity index (χ1) is 6.51. The molecule has 0 amide bonds. The highest BCUT2D eigenvalue weighted by Gasteiger charge is 2.31. The molecule has 14 heavy (non-hydrogen) atoms. The van der Waals surface area contributed by atoms with E-state index < -0.39 is 10.0 Å². The maximum absolute atomic E-state index is 11.6. The molecule has 0 N–H and O–H groups in total. The number of methoxy groups -OCH3 is 1. The van der Waals surface area contributed by atoms with Crippen LogP contribution in [0.3, 0.4) is 0 Å². The topological polar surface area (TPSA) is 46.6 Å². The van der Waals surface area contributed by atoms with Crippen molar-refractivity contribution >= 4 is 10.0 Å². The van der Waals surface area contributed by atoms with E-state index in [0.29, 0.717) is 19.0 Å². The molecule has 84 valence electrons. The van der Waals surface area contributed by atoms with E-state index in [1.165, 1.54) is 0 Å². The molecule has 2 atom stereocenters. The van der Waals surface area contributed by atoms with Crippen molar-refractivity contribution in [2.24, 2.45) is 5.92 Å². The van der Waals surface area contributed by atoms with Crippen molar-refractivity contribution < 1.29 is 13.2 Å². The molecule has 0 aromatic heterocycles. The van der Waals surface area contributed by atoms with Crippen molar-refractivity contribution in [2.45, 2.75) is 26.4 Å². The van der Waals surface area contributed by atoms with Crippen LogP contribution in [0.15, 0.2) is 0 Å². The molecule has 0 bridgehead atoms. The van der Waals surface area contributed by atoms with Crippen LogP contribution < -0.4 is 0 Å². The number of ether oxygens (including phenoxy) is 1. The highest BCUT2D eigenvalue weighted by molar-refractivity contribution is 7.89. The van der Waals surface area contributed by atoms with E-state index in [-0.39, 0.29) is 11.9 Å². The summed E-state index contributed by atoms with van der Waals surface area (Å²) < 4.78 is 30.0. The molecular weight excluding hydrogens is 202 g/mol. The van der Waals surface area contributed by atoms with E-state index in [0.717, 1.165) is 6.42 Å². The fourth-order valence-corrected chi connectivity index (χ4v) is 2.87. The smallest absolute Gasteiger partial charge is 0.213 e. The highest BCUT2D eigenvalue weighted by atomic mass is 32.2. The van der Waals surface area contributed by atoms with Crippen molar-refractivity contribution in [3.8, 4) is 0 Å². The van der Waals surface area contributed by atoms with Crippen LogP contribution in [0.4, 0.5) is 0 Å². The Bertz CT molecular complexity index is 276. The number of hydrogen-bond donors (Lipinski definition) is 0. The lowest BCUT2D eigenvalue weighted by molar-refractivity contribution is 0.0184. The minimum absolute atomic E-state index is 0.0464. The summed E-state index contributed by atoms with van der Waals surface area (Å²) in [4.78, 5) is 0. The van der Waals surface area contributed by atoms with Crippen LogP contribution in [0.5, 0.6) is 0 Å². The molecule has 0 saturated carbocycles. The van der Waals surface area contributed by atoms with Gasteiger partial charge in [-0.3, -0.25) is 0 Å². The number of nitrogens with zero attached hydrogens (tertiary/aromatic N) is 1. The molecule has 0 radical (unpaired) electrons. The zero-order valence-electron chi connectivity index (χ0n) is 9.06. The van der Waals surface area contributed by atoms with Crippen molar-refractivity contribution in [3.63, 3.8) is 0 Å². The summed E-state index contributed by atoms with van der Waals surface area (Å²) in [6.07, 6.45) is 0.933. The van der Waals surface area contributed by atoms with Crippen LogP contribution in [0.25, 0.3) is 0 Å². The summed E-state index contributed by atoms with van der Waals surface area (Å²) >= 11 is 0. The zero-order chi connectivity index (χ0) is 10.8. The molecule has 1 fully saturated rings. The summed E-state index contributed by atoms with van der Waals surface area (Å²) in [7, 11) is -1.39. The molecule has 1 saturated heterocycles. The average Bonchev–Trinajstić information content (AvgIpc) is 2.18. The van der Waals surface area contributed by atoms with E-state index in [4.69, 9.17) is 4.74 Å². The maximum Gasteiger partial charge on any atom is 0.213 e. The Kier molecular flexibility index (Phi) is 3.92. The molecular formula is C9H19NO3S. The van der Waals surface area contributed by atoms with Gasteiger partial charge in [0.1, 0.15) is 0 Å². The summed E-state index contributed by atoms with van der Waals surface area (Å²) in [6.45, 7) is 4.92. The second kappa shape index (κ2) is 4.59. The van der Waals surface area contributed by atoms with Crippen molar-refractivity contribution in [1.82, 2.24) is 4.31 Å². The molecule has 5 heteroatoms. The molecule has 2 unspecified atom stereocenters. The van der Waals surface area contributed by atoms with E-state index in [2.05, 4.69) is 6.92 Å². The van der Waals surface area contributed by atoms with Crippen molar-refractivity contribution in [1.29, 1.82) is 0 Å². The molecule has 0 spiro atoms. The first-order valence-corrected chi connectivity index (χ1v) is 6.62. The van der Waals surface area contributed by atoms with Crippen LogP contribution in [0, 0.1) is 5.92 Å². The SMILES string of the molecule is CCS(=O)(=O)N1CCC(C)C(OC)C1. The van der Waals surface area contributed by atoms with Crippen LogP contribution in [-0.2, 0) is 14.8 Å². The Labute approximate surface area is 86.3 Å². The third-order valence-electron chi connectivity index (χ3n) is 2.91. The minimum atomic E-state index is -3.03. The molecule has 0 aromatic rings. The van der Waals surface area contributed by atoms with Gasteiger partial charge in [0, 0.05) is 20.2 Å². The Balaban J connectivity index is 2.68. The Hall–Kier alpha value is -0.130. The second-order valence-corrected chi connectivity index (χ2v) is 6.06. The van der Waals surface area contributed by atoms with Crippen LogP contribution in [-0.4, -0.2) is 44.8 Å². The van der Waals surface area contributed by atoms with Gasteiger partial charge in [0.05, 0.1) is 11.9 Å². The fraction of sp³-hybridized carbons (Fsp3) is 1.00. The Morgan fingerprint density at radius 2 is 2.14 bits per heavy atom. The van der Waals surface area contributed by atoms with Gasteiger partial charge in [-0.2, -0.15) is 4.31 Å². The minimum Gasteiger partial charge on any atom is -0.380 e. The summed E-state index contributed by atoms with van der Waals surface area (Å²) in [5.41, 5.74) is 0. The molecule has 1 aliphatic rings.